The molecule has 1 unspecified atom stereocenters. The fourth-order valence-electron chi connectivity index (χ4n) is 15.0. The highest BCUT2D eigenvalue weighted by Gasteiger charge is 2.70. The summed E-state index contributed by atoms with van der Waals surface area (Å²) in [6.45, 7) is 20.4. The number of carboxylic acid groups (broad SMARTS) is 1. The second-order valence-corrected chi connectivity index (χ2v) is 20.7. The molecule has 8 rings (SSSR count). The van der Waals surface area contributed by atoms with Gasteiger partial charge in [-0.25, -0.2) is 4.39 Å². The quantitative estimate of drug-likeness (QED) is 0.238. The number of aliphatic carboxylic acids is 1. The zero-order valence-electron chi connectivity index (χ0n) is 32.4. The van der Waals surface area contributed by atoms with Gasteiger partial charge in [-0.1, -0.05) is 70.6 Å². The Bertz CT molecular complexity index is 1500. The minimum absolute atomic E-state index is 0.0201. The van der Waals surface area contributed by atoms with E-state index in [4.69, 9.17) is 0 Å². The van der Waals surface area contributed by atoms with Crippen LogP contribution in [0.1, 0.15) is 144 Å². The molecular formula is C46H68FNO2. The normalized spacial score (nSPS) is 46.3. The molecule has 8 aliphatic carbocycles. The summed E-state index contributed by atoms with van der Waals surface area (Å²) < 4.78 is 14.0. The lowest BCUT2D eigenvalue weighted by atomic mass is 9.33. The second kappa shape index (κ2) is 11.9. The van der Waals surface area contributed by atoms with Crippen LogP contribution in [0.3, 0.4) is 0 Å². The highest BCUT2D eigenvalue weighted by atomic mass is 19.1. The van der Waals surface area contributed by atoms with E-state index in [-0.39, 0.29) is 16.4 Å². The van der Waals surface area contributed by atoms with Gasteiger partial charge >= 0.3 is 5.97 Å². The van der Waals surface area contributed by atoms with Crippen LogP contribution in [-0.4, -0.2) is 29.8 Å². The number of fused-ring (bicyclic) bond motifs is 7. The summed E-state index contributed by atoms with van der Waals surface area (Å²) in [5, 5.41) is 14.2. The number of hydrogen-bond acceptors (Lipinski definition) is 2. The molecule has 0 spiro atoms. The van der Waals surface area contributed by atoms with Gasteiger partial charge in [0.2, 0.25) is 0 Å². The maximum absolute atomic E-state index is 14.0. The van der Waals surface area contributed by atoms with Crippen LogP contribution in [0.2, 0.25) is 0 Å². The summed E-state index contributed by atoms with van der Waals surface area (Å²) in [4.78, 5) is 12.0. The Balaban J connectivity index is 1.07. The van der Waals surface area contributed by atoms with Gasteiger partial charge in [0.05, 0.1) is 5.41 Å². The predicted molar refractivity (Wildman–Crippen MR) is 202 cm³/mol. The van der Waals surface area contributed by atoms with Gasteiger partial charge in [0, 0.05) is 12.1 Å². The van der Waals surface area contributed by atoms with Crippen LogP contribution in [0.5, 0.6) is 0 Å². The summed E-state index contributed by atoms with van der Waals surface area (Å²) in [6, 6.07) is 0. The van der Waals surface area contributed by atoms with Crippen LogP contribution in [0.4, 0.5) is 4.39 Å². The number of halogens is 1. The summed E-state index contributed by atoms with van der Waals surface area (Å²) >= 11 is 0. The van der Waals surface area contributed by atoms with Crippen molar-refractivity contribution in [3.63, 3.8) is 0 Å². The van der Waals surface area contributed by atoms with E-state index in [2.05, 4.69) is 71.7 Å². The number of alkyl halides is 1. The van der Waals surface area contributed by atoms with Crippen molar-refractivity contribution < 1.29 is 14.3 Å². The average molecular weight is 686 g/mol. The second-order valence-electron chi connectivity index (χ2n) is 20.7. The summed E-state index contributed by atoms with van der Waals surface area (Å²) in [5.41, 5.74) is 5.89. The number of allylic oxidation sites excluding steroid dienone is 6. The molecule has 2 N–H and O–H groups in total. The molecule has 0 radical (unpaired) electrons. The minimum atomic E-state index is -1.24. The van der Waals surface area contributed by atoms with Gasteiger partial charge in [0.15, 0.2) is 0 Å². The van der Waals surface area contributed by atoms with Crippen molar-refractivity contribution in [2.45, 2.75) is 150 Å². The molecule has 0 bridgehead atoms. The molecular weight excluding hydrogens is 618 g/mol. The largest absolute Gasteiger partial charge is 0.481 e. The monoisotopic (exact) mass is 686 g/mol. The fraction of sp³-hybridized carbons (Fsp3) is 0.804. The number of nitrogens with one attached hydrogen (secondary N) is 1. The van der Waals surface area contributed by atoms with Crippen LogP contribution in [0, 0.1) is 68.5 Å². The van der Waals surface area contributed by atoms with Gasteiger partial charge in [-0.15, -0.1) is 0 Å². The Hall–Kier alpha value is -1.68. The van der Waals surface area contributed by atoms with Crippen molar-refractivity contribution in [2.24, 2.45) is 68.5 Å². The van der Waals surface area contributed by atoms with Crippen molar-refractivity contribution in [2.75, 3.05) is 13.2 Å². The minimum Gasteiger partial charge on any atom is -0.481 e. The number of carbonyl (C=O) groups is 1. The van der Waals surface area contributed by atoms with Crippen LogP contribution in [0.25, 0.3) is 0 Å². The van der Waals surface area contributed by atoms with E-state index in [9.17, 15) is 14.3 Å². The molecule has 276 valence electrons. The lowest BCUT2D eigenvalue weighted by Crippen LogP contribution is -2.68. The molecule has 0 heterocycles. The molecule has 0 aromatic rings. The third-order valence-electron chi connectivity index (χ3n) is 18.2. The smallest absolute Gasteiger partial charge is 0.312 e. The molecule has 0 amide bonds. The Kier molecular flexibility index (Phi) is 8.42. The molecule has 0 aromatic heterocycles. The Morgan fingerprint density at radius 3 is 2.20 bits per heavy atom. The first-order valence-corrected chi connectivity index (χ1v) is 21.0. The Morgan fingerprint density at radius 2 is 1.60 bits per heavy atom. The predicted octanol–water partition coefficient (Wildman–Crippen LogP) is 11.4. The maximum Gasteiger partial charge on any atom is 0.312 e. The highest BCUT2D eigenvalue weighted by Crippen LogP contribution is 2.76. The lowest BCUT2D eigenvalue weighted by Gasteiger charge is -2.72. The van der Waals surface area contributed by atoms with E-state index in [1.807, 2.05) is 0 Å². The summed E-state index contributed by atoms with van der Waals surface area (Å²) in [7, 11) is 0. The van der Waals surface area contributed by atoms with Gasteiger partial charge in [-0.2, -0.15) is 0 Å². The maximum atomic E-state index is 14.0. The summed E-state index contributed by atoms with van der Waals surface area (Å²) in [5.74, 6) is 4.18. The van der Waals surface area contributed by atoms with E-state index >= 15 is 0 Å². The standard InChI is InChI=1S/C46H68FNO2/c1-29(2)33-16-24-46(48-27-19-34(30-8-9-30)31-10-11-31)26-25-43(6)36(39(33)46)12-13-38-42(5)20-17-35(41(3,4)37(42)18-21-44(38,43)7)32-14-22-45(28-47,23-15-32)40(49)50/h14,17,19,30-31,33,36-39,48H,1,8-13,15-16,18,20-28H2,2-7H3,(H,49,50)/t33-,36+,37-,38+,39+,42-,43+,44+,45?,46-/m0/s1. The van der Waals surface area contributed by atoms with E-state index < -0.39 is 18.1 Å². The van der Waals surface area contributed by atoms with E-state index in [0.717, 1.165) is 30.7 Å². The molecule has 3 nitrogen and oxygen atoms in total. The molecule has 4 heteroatoms. The van der Waals surface area contributed by atoms with Crippen molar-refractivity contribution in [1.82, 2.24) is 5.32 Å². The first-order valence-electron chi connectivity index (χ1n) is 21.0. The van der Waals surface area contributed by atoms with Gasteiger partial charge in [-0.3, -0.25) is 4.79 Å². The number of carboxylic acids is 1. The average Bonchev–Trinajstić information content (AvgIpc) is 4.02. The van der Waals surface area contributed by atoms with Crippen molar-refractivity contribution >= 4 is 5.97 Å². The molecule has 10 atom stereocenters. The molecule has 50 heavy (non-hydrogen) atoms. The zero-order chi connectivity index (χ0) is 35.5. The third-order valence-corrected chi connectivity index (χ3v) is 18.2. The fourth-order valence-corrected chi connectivity index (χ4v) is 15.0. The van der Waals surface area contributed by atoms with Crippen molar-refractivity contribution in [1.29, 1.82) is 0 Å². The molecule has 6 saturated carbocycles. The SMILES string of the molecule is C=C(C)[C@@H]1CC[C@]2(NCC=C(C3CC3)C3CC3)CC[C@]3(C)[C@H](CC[C@@H]4[C@@]5(C)CC=C(C6=CCC(CF)(C(=O)O)CC6)C(C)(C)[C@@H]5CC[C@]43C)[C@@H]12. The van der Waals surface area contributed by atoms with Crippen molar-refractivity contribution in [3.05, 3.63) is 47.1 Å². The first kappa shape index (κ1) is 35.4. The molecule has 0 saturated heterocycles. The molecule has 0 aliphatic heterocycles. The van der Waals surface area contributed by atoms with Gasteiger partial charge in [-0.05, 0) is 184 Å². The van der Waals surface area contributed by atoms with Crippen LogP contribution >= 0.6 is 0 Å². The van der Waals surface area contributed by atoms with Gasteiger partial charge < -0.3 is 10.4 Å². The van der Waals surface area contributed by atoms with Gasteiger partial charge in [0.25, 0.3) is 0 Å². The molecule has 8 aliphatic rings. The van der Waals surface area contributed by atoms with E-state index in [0.29, 0.717) is 53.8 Å². The topological polar surface area (TPSA) is 49.3 Å². The lowest BCUT2D eigenvalue weighted by molar-refractivity contribution is -0.221. The van der Waals surface area contributed by atoms with Crippen LogP contribution in [-0.2, 0) is 4.79 Å². The van der Waals surface area contributed by atoms with E-state index in [1.165, 1.54) is 93.8 Å². The van der Waals surface area contributed by atoms with Gasteiger partial charge in [0.1, 0.15) is 6.67 Å². The zero-order valence-corrected chi connectivity index (χ0v) is 32.4. The highest BCUT2D eigenvalue weighted by molar-refractivity contribution is 5.75. The Morgan fingerprint density at radius 1 is 0.880 bits per heavy atom. The number of rotatable bonds is 9. The number of hydrogen-bond donors (Lipinski definition) is 2. The molecule has 0 aromatic carbocycles. The van der Waals surface area contributed by atoms with E-state index in [1.54, 1.807) is 5.57 Å². The Labute approximate surface area is 303 Å². The molecule has 6 fully saturated rings. The van der Waals surface area contributed by atoms with Crippen molar-refractivity contribution in [3.8, 4) is 0 Å². The third kappa shape index (κ3) is 5.05. The van der Waals surface area contributed by atoms with Crippen LogP contribution < -0.4 is 5.32 Å². The first-order chi connectivity index (χ1) is 23.7. The van der Waals surface area contributed by atoms with Crippen LogP contribution in [0.15, 0.2) is 47.1 Å². The summed E-state index contributed by atoms with van der Waals surface area (Å²) in [6.07, 6.45) is 26.1.